The van der Waals surface area contributed by atoms with Crippen LogP contribution in [0.3, 0.4) is 0 Å². The van der Waals surface area contributed by atoms with Gasteiger partial charge in [0.25, 0.3) is 5.91 Å². The summed E-state index contributed by atoms with van der Waals surface area (Å²) in [5, 5.41) is 3.25. The van der Waals surface area contributed by atoms with Crippen LogP contribution >= 0.6 is 0 Å². The molecule has 40 heavy (non-hydrogen) atoms. The molecular weight excluding hydrogens is 526 g/mol. The van der Waals surface area contributed by atoms with Crippen molar-refractivity contribution in [3.8, 4) is 5.75 Å². The second-order valence-electron chi connectivity index (χ2n) is 11.7. The van der Waals surface area contributed by atoms with Crippen molar-refractivity contribution in [2.75, 3.05) is 73.7 Å². The highest BCUT2D eigenvalue weighted by Gasteiger charge is 2.27. The van der Waals surface area contributed by atoms with Gasteiger partial charge in [-0.05, 0) is 74.9 Å². The lowest BCUT2D eigenvalue weighted by Crippen LogP contribution is -2.47. The standard InChI is InChI=1S/C30H41N5O4S/c36-30(24-3-7-26(8-4-24)34-18-21-40(37,38)22-19-34)32-25-5-1-23(2-6-25)10-13-33-14-16-35(17-15-33)29-27-11-20-39-28(27)9-12-31-29/h3-4,7-9,12,23,25H,1-2,5-6,10-11,13-22H2,(H,32,36). The molecule has 1 aliphatic carbocycles. The zero-order chi connectivity index (χ0) is 27.5. The minimum atomic E-state index is -2.90. The summed E-state index contributed by atoms with van der Waals surface area (Å²) >= 11 is 0. The molecule has 0 bridgehead atoms. The number of amides is 1. The van der Waals surface area contributed by atoms with Crippen molar-refractivity contribution >= 4 is 27.2 Å². The number of carbonyl (C=O) groups excluding carboxylic acids is 1. The van der Waals surface area contributed by atoms with Crippen LogP contribution in [0.1, 0.15) is 48.0 Å². The number of hydrogen-bond donors (Lipinski definition) is 1. The number of pyridine rings is 1. The molecular formula is C30H41N5O4S. The number of hydrogen-bond acceptors (Lipinski definition) is 8. The van der Waals surface area contributed by atoms with E-state index in [9.17, 15) is 13.2 Å². The number of piperazine rings is 1. The molecule has 0 radical (unpaired) electrons. The van der Waals surface area contributed by atoms with Gasteiger partial charge < -0.3 is 19.9 Å². The zero-order valence-electron chi connectivity index (χ0n) is 23.3. The molecule has 0 unspecified atom stereocenters. The Morgan fingerprint density at radius 2 is 1.65 bits per heavy atom. The Morgan fingerprint density at radius 1 is 0.925 bits per heavy atom. The Labute approximate surface area is 237 Å². The Bertz CT molecular complexity index is 1270. The van der Waals surface area contributed by atoms with Crippen LogP contribution in [-0.4, -0.2) is 94.2 Å². The van der Waals surface area contributed by atoms with Gasteiger partial charge in [-0.25, -0.2) is 13.4 Å². The third-order valence-electron chi connectivity index (χ3n) is 9.15. The first-order valence-corrected chi connectivity index (χ1v) is 16.7. The molecule has 216 valence electrons. The number of rotatable bonds is 7. The number of fused-ring (bicyclic) bond motifs is 1. The van der Waals surface area contributed by atoms with Crippen LogP contribution in [0, 0.1) is 5.92 Å². The molecule has 6 rings (SSSR count). The van der Waals surface area contributed by atoms with Gasteiger partial charge in [0.15, 0.2) is 9.84 Å². The van der Waals surface area contributed by atoms with Gasteiger partial charge in [-0.2, -0.15) is 0 Å². The van der Waals surface area contributed by atoms with Gasteiger partial charge in [0, 0.05) is 74.7 Å². The molecule has 1 aromatic heterocycles. The van der Waals surface area contributed by atoms with E-state index in [1.165, 1.54) is 24.8 Å². The molecule has 2 saturated heterocycles. The molecule has 4 aliphatic rings. The largest absolute Gasteiger partial charge is 0.493 e. The summed E-state index contributed by atoms with van der Waals surface area (Å²) in [6, 6.07) is 9.79. The molecule has 10 heteroatoms. The average Bonchev–Trinajstić information content (AvgIpc) is 3.47. The number of aromatic nitrogens is 1. The number of nitrogens with zero attached hydrogens (tertiary/aromatic N) is 4. The maximum absolute atomic E-state index is 12.9. The maximum atomic E-state index is 12.9. The fourth-order valence-electron chi connectivity index (χ4n) is 6.58. The first-order valence-electron chi connectivity index (χ1n) is 14.9. The highest BCUT2D eigenvalue weighted by molar-refractivity contribution is 7.91. The van der Waals surface area contributed by atoms with E-state index in [0.717, 1.165) is 81.8 Å². The van der Waals surface area contributed by atoms with Gasteiger partial charge in [-0.1, -0.05) is 0 Å². The quantitative estimate of drug-likeness (QED) is 0.546. The van der Waals surface area contributed by atoms with Gasteiger partial charge in [0.2, 0.25) is 0 Å². The molecule has 1 aromatic carbocycles. The Balaban J connectivity index is 0.897. The number of sulfone groups is 1. The second kappa shape index (κ2) is 11.9. The van der Waals surface area contributed by atoms with Crippen molar-refractivity contribution in [2.24, 2.45) is 5.92 Å². The van der Waals surface area contributed by atoms with E-state index in [4.69, 9.17) is 4.74 Å². The van der Waals surface area contributed by atoms with Crippen molar-refractivity contribution < 1.29 is 17.9 Å². The summed E-state index contributed by atoms with van der Waals surface area (Å²) in [5.41, 5.74) is 2.91. The number of carbonyl (C=O) groups is 1. The van der Waals surface area contributed by atoms with Crippen LogP contribution in [-0.2, 0) is 16.3 Å². The predicted molar refractivity (Wildman–Crippen MR) is 157 cm³/mol. The Morgan fingerprint density at radius 3 is 2.38 bits per heavy atom. The van der Waals surface area contributed by atoms with E-state index in [1.54, 1.807) is 0 Å². The minimum Gasteiger partial charge on any atom is -0.493 e. The number of anilines is 2. The lowest BCUT2D eigenvalue weighted by atomic mass is 9.84. The maximum Gasteiger partial charge on any atom is 0.251 e. The summed E-state index contributed by atoms with van der Waals surface area (Å²) in [4.78, 5) is 24.6. The van der Waals surface area contributed by atoms with Gasteiger partial charge in [-0.15, -0.1) is 0 Å². The molecule has 3 aliphatic heterocycles. The monoisotopic (exact) mass is 567 g/mol. The first-order chi connectivity index (χ1) is 19.4. The van der Waals surface area contributed by atoms with E-state index < -0.39 is 9.84 Å². The third-order valence-corrected chi connectivity index (χ3v) is 10.8. The van der Waals surface area contributed by atoms with Crippen molar-refractivity contribution in [3.63, 3.8) is 0 Å². The third kappa shape index (κ3) is 6.38. The zero-order valence-corrected chi connectivity index (χ0v) is 24.1. The molecule has 1 N–H and O–H groups in total. The highest BCUT2D eigenvalue weighted by Crippen LogP contribution is 2.33. The van der Waals surface area contributed by atoms with E-state index in [2.05, 4.69) is 25.0 Å². The fourth-order valence-corrected chi connectivity index (χ4v) is 7.78. The Kier molecular flexibility index (Phi) is 8.16. The Hall–Kier alpha value is -2.85. The van der Waals surface area contributed by atoms with E-state index in [-0.39, 0.29) is 23.5 Å². The summed E-state index contributed by atoms with van der Waals surface area (Å²) in [7, 11) is -2.90. The highest BCUT2D eigenvalue weighted by atomic mass is 32.2. The van der Waals surface area contributed by atoms with Crippen molar-refractivity contribution in [1.82, 2.24) is 15.2 Å². The van der Waals surface area contributed by atoms with Crippen LogP contribution in [0.4, 0.5) is 11.5 Å². The van der Waals surface area contributed by atoms with E-state index >= 15 is 0 Å². The van der Waals surface area contributed by atoms with Crippen LogP contribution in [0.5, 0.6) is 5.75 Å². The molecule has 3 fully saturated rings. The van der Waals surface area contributed by atoms with E-state index in [0.29, 0.717) is 18.7 Å². The van der Waals surface area contributed by atoms with Crippen LogP contribution in [0.25, 0.3) is 0 Å². The summed E-state index contributed by atoms with van der Waals surface area (Å²) in [6.45, 7) is 7.12. The summed E-state index contributed by atoms with van der Waals surface area (Å²) in [6.07, 6.45) is 8.47. The summed E-state index contributed by atoms with van der Waals surface area (Å²) < 4.78 is 29.1. The molecule has 4 heterocycles. The molecule has 0 spiro atoms. The molecule has 0 atom stereocenters. The van der Waals surface area contributed by atoms with Gasteiger partial charge >= 0.3 is 0 Å². The molecule has 1 amide bonds. The van der Waals surface area contributed by atoms with Crippen LogP contribution < -0.4 is 19.9 Å². The van der Waals surface area contributed by atoms with Gasteiger partial charge in [-0.3, -0.25) is 9.69 Å². The summed E-state index contributed by atoms with van der Waals surface area (Å²) in [5.74, 6) is 3.22. The van der Waals surface area contributed by atoms with Gasteiger partial charge in [0.1, 0.15) is 11.6 Å². The van der Waals surface area contributed by atoms with Gasteiger partial charge in [0.05, 0.1) is 18.1 Å². The van der Waals surface area contributed by atoms with Crippen molar-refractivity contribution in [2.45, 2.75) is 44.6 Å². The van der Waals surface area contributed by atoms with Crippen LogP contribution in [0.2, 0.25) is 0 Å². The smallest absolute Gasteiger partial charge is 0.251 e. The number of ether oxygens (including phenoxy) is 1. The topological polar surface area (TPSA) is 95.1 Å². The number of benzene rings is 1. The normalized spacial score (nSPS) is 24.8. The second-order valence-corrected chi connectivity index (χ2v) is 14.0. The predicted octanol–water partition coefficient (Wildman–Crippen LogP) is 2.75. The SMILES string of the molecule is O=C(NC1CCC(CCN2CCN(c3nccc4c3CCO4)CC2)CC1)c1ccc(N2CCS(=O)(=O)CC2)cc1. The molecule has 9 nitrogen and oxygen atoms in total. The fraction of sp³-hybridized carbons (Fsp3) is 0.600. The molecule has 1 saturated carbocycles. The lowest BCUT2D eigenvalue weighted by Gasteiger charge is -2.37. The average molecular weight is 568 g/mol. The minimum absolute atomic E-state index is 0.0146. The first kappa shape index (κ1) is 27.3. The van der Waals surface area contributed by atoms with E-state index in [1.807, 2.05) is 36.5 Å². The number of nitrogens with one attached hydrogen (secondary N) is 1. The van der Waals surface area contributed by atoms with Crippen molar-refractivity contribution in [1.29, 1.82) is 0 Å². The van der Waals surface area contributed by atoms with Crippen LogP contribution in [0.15, 0.2) is 36.5 Å². The molecule has 2 aromatic rings. The van der Waals surface area contributed by atoms with Crippen molar-refractivity contribution in [3.05, 3.63) is 47.7 Å². The lowest BCUT2D eigenvalue weighted by molar-refractivity contribution is 0.0919.